The molecule has 1 aromatic heterocycles. The largest absolute Gasteiger partial charge is 0.357 e. The number of pyridine rings is 1. The van der Waals surface area contributed by atoms with Crippen molar-refractivity contribution >= 4 is 47.3 Å². The standard InChI is InChI=1S/C23H31FN6O.HI/c1-3-6-21(31)28-18-10-8-17(9-11-18)15-27-23(25-4-2)29-19-12-14-30(16-19)22-20(24)7-5-13-26-22;/h5,7-11,13,19H,3-4,6,12,14-16H2,1-2H3,(H,28,31)(H2,25,27,29);1H. The molecular weight excluding hydrogens is 522 g/mol. The van der Waals surface area contributed by atoms with E-state index in [0.717, 1.165) is 43.1 Å². The van der Waals surface area contributed by atoms with Crippen molar-refractivity contribution in [3.63, 3.8) is 0 Å². The highest BCUT2D eigenvalue weighted by Gasteiger charge is 2.25. The molecule has 0 aliphatic carbocycles. The van der Waals surface area contributed by atoms with E-state index in [4.69, 9.17) is 0 Å². The second-order valence-electron chi connectivity index (χ2n) is 7.58. The number of nitrogens with zero attached hydrogens (tertiary/aromatic N) is 3. The Hall–Kier alpha value is -2.43. The van der Waals surface area contributed by atoms with Crippen LogP contribution in [0.3, 0.4) is 0 Å². The quantitative estimate of drug-likeness (QED) is 0.262. The number of nitrogens with one attached hydrogen (secondary N) is 3. The number of guanidine groups is 1. The van der Waals surface area contributed by atoms with Crippen LogP contribution < -0.4 is 20.9 Å². The van der Waals surface area contributed by atoms with Gasteiger partial charge in [0.05, 0.1) is 6.54 Å². The maximum absolute atomic E-state index is 14.0. The van der Waals surface area contributed by atoms with E-state index in [0.29, 0.717) is 25.3 Å². The Kier molecular flexibility index (Phi) is 10.6. The predicted octanol–water partition coefficient (Wildman–Crippen LogP) is 3.91. The molecule has 0 spiro atoms. The van der Waals surface area contributed by atoms with Gasteiger partial charge in [-0.05, 0) is 49.6 Å². The van der Waals surface area contributed by atoms with Crippen LogP contribution >= 0.6 is 24.0 Å². The number of hydrogen-bond donors (Lipinski definition) is 3. The molecule has 1 atom stereocenters. The van der Waals surface area contributed by atoms with Crippen LogP contribution in [0.15, 0.2) is 47.6 Å². The van der Waals surface area contributed by atoms with E-state index in [1.165, 1.54) is 6.07 Å². The zero-order valence-electron chi connectivity index (χ0n) is 18.6. The summed E-state index contributed by atoms with van der Waals surface area (Å²) >= 11 is 0. The molecule has 1 amide bonds. The van der Waals surface area contributed by atoms with Gasteiger partial charge in [-0.25, -0.2) is 14.4 Å². The van der Waals surface area contributed by atoms with Crippen LogP contribution in [0.2, 0.25) is 0 Å². The maximum Gasteiger partial charge on any atom is 0.224 e. The zero-order chi connectivity index (χ0) is 22.1. The van der Waals surface area contributed by atoms with Gasteiger partial charge in [0.25, 0.3) is 0 Å². The molecule has 3 N–H and O–H groups in total. The Morgan fingerprint density at radius 3 is 2.72 bits per heavy atom. The summed E-state index contributed by atoms with van der Waals surface area (Å²) in [5, 5.41) is 9.61. The Morgan fingerprint density at radius 2 is 2.03 bits per heavy atom. The normalized spacial score (nSPS) is 15.8. The molecule has 3 rings (SSSR count). The van der Waals surface area contributed by atoms with Gasteiger partial charge in [0.15, 0.2) is 17.6 Å². The third-order valence-electron chi connectivity index (χ3n) is 5.05. The number of rotatable bonds is 8. The minimum absolute atomic E-state index is 0. The number of hydrogen-bond acceptors (Lipinski definition) is 4. The van der Waals surface area contributed by atoms with Gasteiger partial charge in [-0.3, -0.25) is 4.79 Å². The molecule has 7 nitrogen and oxygen atoms in total. The molecule has 2 heterocycles. The van der Waals surface area contributed by atoms with E-state index in [1.807, 2.05) is 43.0 Å². The topological polar surface area (TPSA) is 81.6 Å². The first kappa shape index (κ1) is 25.8. The maximum atomic E-state index is 14.0. The monoisotopic (exact) mass is 554 g/mol. The lowest BCUT2D eigenvalue weighted by Crippen LogP contribution is -2.44. The molecule has 1 unspecified atom stereocenters. The molecule has 0 saturated carbocycles. The summed E-state index contributed by atoms with van der Waals surface area (Å²) in [6.45, 7) is 6.69. The molecule has 0 bridgehead atoms. The molecule has 1 aliphatic rings. The average Bonchev–Trinajstić information content (AvgIpc) is 3.22. The minimum Gasteiger partial charge on any atom is -0.357 e. The number of benzene rings is 1. The van der Waals surface area contributed by atoms with Crippen LogP contribution in [0.1, 0.15) is 38.7 Å². The Bertz CT molecular complexity index is 892. The molecule has 1 saturated heterocycles. The van der Waals surface area contributed by atoms with Crippen LogP contribution in [0.5, 0.6) is 0 Å². The second kappa shape index (κ2) is 13.2. The van der Waals surface area contributed by atoms with Crippen LogP contribution in [-0.2, 0) is 11.3 Å². The molecular formula is C23H32FIN6O. The van der Waals surface area contributed by atoms with Crippen LogP contribution in [0.25, 0.3) is 0 Å². The van der Waals surface area contributed by atoms with Crippen molar-refractivity contribution in [2.45, 2.75) is 45.7 Å². The lowest BCUT2D eigenvalue weighted by Gasteiger charge is -2.20. The van der Waals surface area contributed by atoms with Crippen molar-refractivity contribution in [2.75, 3.05) is 29.9 Å². The zero-order valence-corrected chi connectivity index (χ0v) is 20.9. The molecule has 32 heavy (non-hydrogen) atoms. The fourth-order valence-corrected chi connectivity index (χ4v) is 3.51. The van der Waals surface area contributed by atoms with Gasteiger partial charge in [-0.1, -0.05) is 19.1 Å². The molecule has 1 aliphatic heterocycles. The molecule has 0 radical (unpaired) electrons. The Morgan fingerprint density at radius 1 is 1.25 bits per heavy atom. The van der Waals surface area contributed by atoms with Gasteiger partial charge >= 0.3 is 0 Å². The number of aliphatic imine (C=N–C) groups is 1. The summed E-state index contributed by atoms with van der Waals surface area (Å²) in [6.07, 6.45) is 3.85. The van der Waals surface area contributed by atoms with Gasteiger partial charge in [-0.15, -0.1) is 24.0 Å². The summed E-state index contributed by atoms with van der Waals surface area (Å²) in [4.78, 5) is 22.5. The first-order valence-corrected chi connectivity index (χ1v) is 10.9. The van der Waals surface area contributed by atoms with Gasteiger partial charge < -0.3 is 20.9 Å². The molecule has 174 valence electrons. The lowest BCUT2D eigenvalue weighted by molar-refractivity contribution is -0.116. The highest BCUT2D eigenvalue weighted by atomic mass is 127. The van der Waals surface area contributed by atoms with Crippen molar-refractivity contribution in [1.82, 2.24) is 15.6 Å². The highest BCUT2D eigenvalue weighted by molar-refractivity contribution is 14.0. The number of carbonyl (C=O) groups is 1. The van der Waals surface area contributed by atoms with E-state index in [2.05, 4.69) is 25.9 Å². The lowest BCUT2D eigenvalue weighted by atomic mass is 10.2. The molecule has 2 aromatic rings. The van der Waals surface area contributed by atoms with Crippen LogP contribution in [0, 0.1) is 5.82 Å². The number of anilines is 2. The first-order valence-electron chi connectivity index (χ1n) is 10.9. The van der Waals surface area contributed by atoms with Crippen LogP contribution in [-0.4, -0.2) is 42.5 Å². The molecule has 1 fully saturated rings. The highest BCUT2D eigenvalue weighted by Crippen LogP contribution is 2.20. The number of halogens is 2. The summed E-state index contributed by atoms with van der Waals surface area (Å²) in [5.74, 6) is 0.872. The van der Waals surface area contributed by atoms with E-state index >= 15 is 0 Å². The Labute approximate surface area is 206 Å². The first-order chi connectivity index (χ1) is 15.1. The molecule has 9 heteroatoms. The third kappa shape index (κ3) is 7.61. The van der Waals surface area contributed by atoms with Crippen molar-refractivity contribution in [1.29, 1.82) is 0 Å². The summed E-state index contributed by atoms with van der Waals surface area (Å²) < 4.78 is 14.0. The fourth-order valence-electron chi connectivity index (χ4n) is 3.51. The van der Waals surface area contributed by atoms with Crippen molar-refractivity contribution < 1.29 is 9.18 Å². The van der Waals surface area contributed by atoms with E-state index < -0.39 is 0 Å². The third-order valence-corrected chi connectivity index (χ3v) is 5.05. The predicted molar refractivity (Wildman–Crippen MR) is 138 cm³/mol. The number of carbonyl (C=O) groups excluding carboxylic acids is 1. The van der Waals surface area contributed by atoms with Crippen LogP contribution in [0.4, 0.5) is 15.9 Å². The summed E-state index contributed by atoms with van der Waals surface area (Å²) in [7, 11) is 0. The van der Waals surface area contributed by atoms with Crippen molar-refractivity contribution in [3.05, 3.63) is 54.0 Å². The number of amides is 1. The molecule has 1 aromatic carbocycles. The van der Waals surface area contributed by atoms with Gasteiger partial charge in [-0.2, -0.15) is 0 Å². The van der Waals surface area contributed by atoms with E-state index in [1.54, 1.807) is 12.3 Å². The number of aromatic nitrogens is 1. The van der Waals surface area contributed by atoms with Crippen molar-refractivity contribution in [3.8, 4) is 0 Å². The smallest absolute Gasteiger partial charge is 0.224 e. The van der Waals surface area contributed by atoms with Gasteiger partial charge in [0.2, 0.25) is 5.91 Å². The van der Waals surface area contributed by atoms with E-state index in [-0.39, 0.29) is 41.7 Å². The SMILES string of the molecule is CCCC(=O)Nc1ccc(CN=C(NCC)NC2CCN(c3ncccc3F)C2)cc1.I. The fraction of sp³-hybridized carbons (Fsp3) is 0.435. The van der Waals surface area contributed by atoms with Crippen molar-refractivity contribution in [2.24, 2.45) is 4.99 Å². The van der Waals surface area contributed by atoms with E-state index in [9.17, 15) is 9.18 Å². The van der Waals surface area contributed by atoms with Gasteiger partial charge in [0, 0.05) is 44.0 Å². The average molecular weight is 554 g/mol. The Balaban J connectivity index is 0.00000363. The minimum atomic E-state index is -0.293. The second-order valence-corrected chi connectivity index (χ2v) is 7.58. The van der Waals surface area contributed by atoms with Gasteiger partial charge in [0.1, 0.15) is 0 Å². The summed E-state index contributed by atoms with van der Waals surface area (Å²) in [6, 6.07) is 10.9. The summed E-state index contributed by atoms with van der Waals surface area (Å²) in [5.41, 5.74) is 1.85.